The molecule has 1 aromatic heterocycles. The monoisotopic (exact) mass is 368 g/mol. The van der Waals surface area contributed by atoms with Crippen molar-refractivity contribution >= 4 is 10.9 Å². The topological polar surface area (TPSA) is 37.5 Å². The van der Waals surface area contributed by atoms with Gasteiger partial charge in [-0.3, -0.25) is 4.90 Å². The lowest BCUT2D eigenvalue weighted by Crippen LogP contribution is -2.33. The highest BCUT2D eigenvalue weighted by atomic mass is 19.1. The third-order valence-corrected chi connectivity index (χ3v) is 5.37. The number of rotatable bonds is 5. The van der Waals surface area contributed by atoms with Gasteiger partial charge in [0.05, 0.1) is 20.3 Å². The maximum absolute atomic E-state index is 13.5. The molecule has 1 saturated heterocycles. The van der Waals surface area contributed by atoms with Crippen molar-refractivity contribution in [1.82, 2.24) is 9.88 Å². The van der Waals surface area contributed by atoms with Crippen molar-refractivity contribution in [2.24, 2.45) is 0 Å². The molecule has 5 heteroatoms. The fourth-order valence-electron chi connectivity index (χ4n) is 4.03. The zero-order valence-corrected chi connectivity index (χ0v) is 15.8. The van der Waals surface area contributed by atoms with E-state index >= 15 is 0 Å². The summed E-state index contributed by atoms with van der Waals surface area (Å²) in [7, 11) is 3.34. The first-order chi connectivity index (χ1) is 13.2. The van der Waals surface area contributed by atoms with Gasteiger partial charge in [0.25, 0.3) is 0 Å². The van der Waals surface area contributed by atoms with Crippen LogP contribution in [0.15, 0.2) is 42.5 Å². The molecule has 0 radical (unpaired) electrons. The number of likely N-dealkylation sites (tertiary alicyclic amines) is 1. The molecule has 2 aromatic carbocycles. The Balaban J connectivity index is 1.62. The van der Waals surface area contributed by atoms with Crippen LogP contribution in [0.2, 0.25) is 0 Å². The summed E-state index contributed by atoms with van der Waals surface area (Å²) in [6.45, 7) is 1.86. The Labute approximate surface area is 158 Å². The van der Waals surface area contributed by atoms with Gasteiger partial charge in [0.15, 0.2) is 0 Å². The molecule has 1 aliphatic heterocycles. The largest absolute Gasteiger partial charge is 0.497 e. The van der Waals surface area contributed by atoms with Crippen LogP contribution in [0.1, 0.15) is 36.6 Å². The molecular weight excluding hydrogens is 343 g/mol. The summed E-state index contributed by atoms with van der Waals surface area (Å²) in [5, 5.41) is 0.929. The van der Waals surface area contributed by atoms with Gasteiger partial charge in [-0.1, -0.05) is 6.42 Å². The SMILES string of the molecule is COc1cc(CN2CCCCC2c2cc3cc(F)ccc3[nH]2)cc(OC)c1. The molecule has 0 spiro atoms. The molecule has 3 aromatic rings. The molecule has 4 rings (SSSR count). The minimum absolute atomic E-state index is 0.197. The van der Waals surface area contributed by atoms with E-state index in [2.05, 4.69) is 28.1 Å². The first-order valence-electron chi connectivity index (χ1n) is 9.40. The van der Waals surface area contributed by atoms with Crippen molar-refractivity contribution in [3.63, 3.8) is 0 Å². The van der Waals surface area contributed by atoms with E-state index in [1.165, 1.54) is 24.5 Å². The van der Waals surface area contributed by atoms with Gasteiger partial charge in [-0.2, -0.15) is 0 Å². The van der Waals surface area contributed by atoms with Crippen LogP contribution in [0.4, 0.5) is 4.39 Å². The van der Waals surface area contributed by atoms with E-state index in [0.717, 1.165) is 47.6 Å². The summed E-state index contributed by atoms with van der Waals surface area (Å²) in [4.78, 5) is 5.98. The number of fused-ring (bicyclic) bond motifs is 1. The lowest BCUT2D eigenvalue weighted by Gasteiger charge is -2.35. The summed E-state index contributed by atoms with van der Waals surface area (Å²) < 4.78 is 24.4. The molecule has 1 aliphatic rings. The van der Waals surface area contributed by atoms with E-state index in [9.17, 15) is 4.39 Å². The molecule has 0 saturated carbocycles. The summed E-state index contributed by atoms with van der Waals surface area (Å²) in [6, 6.07) is 13.3. The van der Waals surface area contributed by atoms with Crippen LogP contribution >= 0.6 is 0 Å². The van der Waals surface area contributed by atoms with E-state index < -0.39 is 0 Å². The molecule has 1 fully saturated rings. The molecule has 142 valence electrons. The summed E-state index contributed by atoms with van der Waals surface area (Å²) in [5.74, 6) is 1.41. The van der Waals surface area contributed by atoms with Crippen LogP contribution in [0, 0.1) is 5.82 Å². The average molecular weight is 368 g/mol. The third kappa shape index (κ3) is 3.78. The van der Waals surface area contributed by atoms with Crippen molar-refractivity contribution in [1.29, 1.82) is 0 Å². The number of methoxy groups -OCH3 is 2. The first-order valence-corrected chi connectivity index (χ1v) is 9.40. The zero-order chi connectivity index (χ0) is 18.8. The minimum atomic E-state index is -0.197. The van der Waals surface area contributed by atoms with Gasteiger partial charge in [-0.25, -0.2) is 4.39 Å². The molecule has 1 N–H and O–H groups in total. The number of aromatic amines is 1. The second-order valence-electron chi connectivity index (χ2n) is 7.16. The van der Waals surface area contributed by atoms with Crippen molar-refractivity contribution in [3.05, 3.63) is 59.5 Å². The number of piperidine rings is 1. The number of hydrogen-bond donors (Lipinski definition) is 1. The van der Waals surface area contributed by atoms with Crippen molar-refractivity contribution < 1.29 is 13.9 Å². The van der Waals surface area contributed by atoms with Crippen LogP contribution < -0.4 is 9.47 Å². The van der Waals surface area contributed by atoms with E-state index in [0.29, 0.717) is 6.04 Å². The maximum atomic E-state index is 13.5. The highest BCUT2D eigenvalue weighted by Crippen LogP contribution is 2.34. The average Bonchev–Trinajstić information content (AvgIpc) is 3.11. The van der Waals surface area contributed by atoms with Crippen LogP contribution in [0.5, 0.6) is 11.5 Å². The molecule has 4 nitrogen and oxygen atoms in total. The Bertz CT molecular complexity index is 915. The second kappa shape index (κ2) is 7.61. The van der Waals surface area contributed by atoms with Gasteiger partial charge in [0.1, 0.15) is 17.3 Å². The first kappa shape index (κ1) is 17.9. The number of benzene rings is 2. The third-order valence-electron chi connectivity index (χ3n) is 5.37. The van der Waals surface area contributed by atoms with Crippen LogP contribution in [-0.2, 0) is 6.54 Å². The van der Waals surface area contributed by atoms with Crippen LogP contribution in [-0.4, -0.2) is 30.6 Å². The molecule has 0 bridgehead atoms. The number of halogens is 1. The molecule has 2 heterocycles. The Hall–Kier alpha value is -2.53. The number of hydrogen-bond acceptors (Lipinski definition) is 3. The van der Waals surface area contributed by atoms with E-state index in [1.807, 2.05) is 12.1 Å². The molecular formula is C22H25FN2O2. The van der Waals surface area contributed by atoms with Gasteiger partial charge in [-0.15, -0.1) is 0 Å². The Morgan fingerprint density at radius 1 is 1.04 bits per heavy atom. The summed E-state index contributed by atoms with van der Waals surface area (Å²) >= 11 is 0. The van der Waals surface area contributed by atoms with Gasteiger partial charge in [0.2, 0.25) is 0 Å². The van der Waals surface area contributed by atoms with Gasteiger partial charge < -0.3 is 14.5 Å². The van der Waals surface area contributed by atoms with Gasteiger partial charge >= 0.3 is 0 Å². The Kier molecular flexibility index (Phi) is 5.03. The molecule has 1 atom stereocenters. The molecule has 27 heavy (non-hydrogen) atoms. The van der Waals surface area contributed by atoms with Crippen LogP contribution in [0.25, 0.3) is 10.9 Å². The highest BCUT2D eigenvalue weighted by molar-refractivity contribution is 5.80. The Morgan fingerprint density at radius 3 is 2.56 bits per heavy atom. The van der Waals surface area contributed by atoms with Crippen molar-refractivity contribution in [2.45, 2.75) is 31.8 Å². The van der Waals surface area contributed by atoms with E-state index in [1.54, 1.807) is 20.3 Å². The van der Waals surface area contributed by atoms with E-state index in [4.69, 9.17) is 9.47 Å². The fraction of sp³-hybridized carbons (Fsp3) is 0.364. The number of H-pyrrole nitrogens is 1. The quantitative estimate of drug-likeness (QED) is 0.685. The second-order valence-corrected chi connectivity index (χ2v) is 7.16. The predicted octanol–water partition coefficient (Wildman–Crippen LogP) is 5.05. The molecule has 1 unspecified atom stereocenters. The maximum Gasteiger partial charge on any atom is 0.123 e. The Morgan fingerprint density at radius 2 is 1.81 bits per heavy atom. The van der Waals surface area contributed by atoms with Crippen molar-refractivity contribution in [2.75, 3.05) is 20.8 Å². The summed E-state index contributed by atoms with van der Waals surface area (Å²) in [6.07, 6.45) is 3.48. The fourth-order valence-corrected chi connectivity index (χ4v) is 4.03. The number of nitrogens with one attached hydrogen (secondary N) is 1. The normalized spacial score (nSPS) is 18.0. The van der Waals surface area contributed by atoms with Gasteiger partial charge in [-0.05, 0) is 61.3 Å². The van der Waals surface area contributed by atoms with E-state index in [-0.39, 0.29) is 5.82 Å². The smallest absolute Gasteiger partial charge is 0.123 e. The highest BCUT2D eigenvalue weighted by Gasteiger charge is 2.25. The lowest BCUT2D eigenvalue weighted by molar-refractivity contribution is 0.137. The standard InChI is InChI=1S/C22H25FN2O2/c1-26-18-9-15(10-19(13-18)27-2)14-25-8-4-3-5-22(25)21-12-16-11-17(23)6-7-20(16)24-21/h6-7,9-13,22,24H,3-5,8,14H2,1-2H3. The van der Waals surface area contributed by atoms with Gasteiger partial charge in [0, 0.05) is 29.2 Å². The summed E-state index contributed by atoms with van der Waals surface area (Å²) in [5.41, 5.74) is 3.31. The minimum Gasteiger partial charge on any atom is -0.497 e. The number of ether oxygens (including phenoxy) is 2. The molecule has 0 amide bonds. The molecule has 0 aliphatic carbocycles. The predicted molar refractivity (Wildman–Crippen MR) is 105 cm³/mol. The van der Waals surface area contributed by atoms with Crippen LogP contribution in [0.3, 0.4) is 0 Å². The number of aromatic nitrogens is 1. The zero-order valence-electron chi connectivity index (χ0n) is 15.8. The number of nitrogens with zero attached hydrogens (tertiary/aromatic N) is 1. The van der Waals surface area contributed by atoms with Crippen molar-refractivity contribution in [3.8, 4) is 11.5 Å². The lowest BCUT2D eigenvalue weighted by atomic mass is 9.98.